The second-order valence-corrected chi connectivity index (χ2v) is 7.13. The van der Waals surface area contributed by atoms with Crippen LogP contribution in [-0.4, -0.2) is 39.7 Å². The van der Waals surface area contributed by atoms with Crippen LogP contribution in [0.25, 0.3) is 0 Å². The zero-order chi connectivity index (χ0) is 20.3. The van der Waals surface area contributed by atoms with Gasteiger partial charge in [-0.15, -0.1) is 0 Å². The molecule has 0 aliphatic carbocycles. The molecular weight excluding hydrogens is 384 g/mol. The second kappa shape index (κ2) is 8.35. The fourth-order valence-electron chi connectivity index (χ4n) is 3.11. The van der Waals surface area contributed by atoms with Crippen LogP contribution in [0.5, 0.6) is 0 Å². The zero-order valence-electron chi connectivity index (χ0n) is 15.2. The van der Waals surface area contributed by atoms with E-state index in [0.717, 1.165) is 11.6 Å². The fourth-order valence-corrected chi connectivity index (χ4v) is 3.36. The maximum absolute atomic E-state index is 12.8. The molecule has 1 fully saturated rings. The first kappa shape index (κ1) is 19.8. The van der Waals surface area contributed by atoms with E-state index < -0.39 is 4.92 Å². The molecule has 0 radical (unpaired) electrons. The first-order chi connectivity index (χ1) is 13.3. The number of likely N-dealkylation sites (tertiary alicyclic amines) is 1. The van der Waals surface area contributed by atoms with Crippen LogP contribution in [0.15, 0.2) is 36.5 Å². The molecule has 1 aliphatic heterocycles. The summed E-state index contributed by atoms with van der Waals surface area (Å²) >= 11 is 6.07. The Labute approximate surface area is 166 Å². The Morgan fingerprint density at radius 3 is 2.75 bits per heavy atom. The molecule has 1 aliphatic rings. The number of carbonyl (C=O) groups excluding carboxylic acids is 2. The summed E-state index contributed by atoms with van der Waals surface area (Å²) in [5, 5.41) is 13.6. The number of nitrogens with zero attached hydrogens (tertiary/aromatic N) is 3. The van der Waals surface area contributed by atoms with Gasteiger partial charge in [-0.05, 0) is 37.5 Å². The number of hydrogen-bond acceptors (Lipinski definition) is 5. The van der Waals surface area contributed by atoms with E-state index >= 15 is 0 Å². The molecule has 1 saturated heterocycles. The third kappa shape index (κ3) is 4.45. The number of halogens is 1. The summed E-state index contributed by atoms with van der Waals surface area (Å²) in [5.74, 6) is -0.426. The molecule has 3 rings (SSSR count). The Bertz CT molecular complexity index is 917. The third-order valence-electron chi connectivity index (χ3n) is 4.64. The predicted molar refractivity (Wildman–Crippen MR) is 104 cm³/mol. The van der Waals surface area contributed by atoms with E-state index in [1.165, 1.54) is 12.1 Å². The minimum atomic E-state index is -0.569. The fraction of sp³-hybridized carbons (Fsp3) is 0.316. The van der Waals surface area contributed by atoms with E-state index in [1.54, 1.807) is 17.2 Å². The smallest absolute Gasteiger partial charge is 0.270 e. The Balaban J connectivity index is 1.68. The number of amides is 2. The summed E-state index contributed by atoms with van der Waals surface area (Å²) in [6.45, 7) is 2.66. The summed E-state index contributed by atoms with van der Waals surface area (Å²) in [5.41, 5.74) is 1.00. The second-order valence-electron chi connectivity index (χ2n) is 6.72. The molecule has 0 bridgehead atoms. The maximum atomic E-state index is 12.8. The molecule has 28 heavy (non-hydrogen) atoms. The van der Waals surface area contributed by atoms with Crippen molar-refractivity contribution in [2.45, 2.75) is 19.8 Å². The number of nitrogens with one attached hydrogen (secondary N) is 1. The number of aryl methyl sites for hydroxylation is 1. The summed E-state index contributed by atoms with van der Waals surface area (Å²) in [6, 6.07) is 7.34. The number of carbonyl (C=O) groups is 2. The van der Waals surface area contributed by atoms with Gasteiger partial charge in [-0.3, -0.25) is 19.7 Å². The normalized spacial score (nSPS) is 16.5. The van der Waals surface area contributed by atoms with Gasteiger partial charge in [0, 0.05) is 31.4 Å². The summed E-state index contributed by atoms with van der Waals surface area (Å²) in [7, 11) is 0. The third-order valence-corrected chi connectivity index (χ3v) is 4.95. The molecule has 1 unspecified atom stereocenters. The quantitative estimate of drug-likeness (QED) is 0.622. The minimum Gasteiger partial charge on any atom is -0.338 e. The van der Waals surface area contributed by atoms with E-state index in [2.05, 4.69) is 10.3 Å². The van der Waals surface area contributed by atoms with Crippen LogP contribution in [-0.2, 0) is 4.79 Å². The SMILES string of the molecule is Cc1ccc(NC(=O)C2CCCN(C(=O)c3ccc([N+](=O)[O-])cc3Cl)C2)nc1. The summed E-state index contributed by atoms with van der Waals surface area (Å²) in [6.07, 6.45) is 3.01. The van der Waals surface area contributed by atoms with Crippen molar-refractivity contribution in [3.8, 4) is 0 Å². The molecule has 0 spiro atoms. The lowest BCUT2D eigenvalue weighted by molar-refractivity contribution is -0.384. The number of benzene rings is 1. The van der Waals surface area contributed by atoms with Crippen molar-refractivity contribution in [3.05, 3.63) is 62.8 Å². The van der Waals surface area contributed by atoms with Crippen LogP contribution in [0.2, 0.25) is 5.02 Å². The van der Waals surface area contributed by atoms with Crippen molar-refractivity contribution in [2.75, 3.05) is 18.4 Å². The first-order valence-electron chi connectivity index (χ1n) is 8.82. The first-order valence-corrected chi connectivity index (χ1v) is 9.19. The van der Waals surface area contributed by atoms with Crippen molar-refractivity contribution in [3.63, 3.8) is 0 Å². The van der Waals surface area contributed by atoms with Gasteiger partial charge >= 0.3 is 0 Å². The van der Waals surface area contributed by atoms with Gasteiger partial charge in [0.1, 0.15) is 5.82 Å². The highest BCUT2D eigenvalue weighted by molar-refractivity contribution is 6.34. The highest BCUT2D eigenvalue weighted by atomic mass is 35.5. The van der Waals surface area contributed by atoms with Crippen LogP contribution in [0, 0.1) is 23.0 Å². The maximum Gasteiger partial charge on any atom is 0.270 e. The lowest BCUT2D eigenvalue weighted by Gasteiger charge is -2.32. The summed E-state index contributed by atoms with van der Waals surface area (Å²) in [4.78, 5) is 41.3. The van der Waals surface area contributed by atoms with Gasteiger partial charge in [-0.2, -0.15) is 0 Å². The molecule has 2 aromatic rings. The van der Waals surface area contributed by atoms with Crippen LogP contribution in [0.1, 0.15) is 28.8 Å². The highest BCUT2D eigenvalue weighted by Crippen LogP contribution is 2.26. The number of aromatic nitrogens is 1. The van der Waals surface area contributed by atoms with E-state index in [1.807, 2.05) is 13.0 Å². The molecule has 0 saturated carbocycles. The topological polar surface area (TPSA) is 105 Å². The van der Waals surface area contributed by atoms with Gasteiger partial charge in [0.05, 0.1) is 21.4 Å². The van der Waals surface area contributed by atoms with E-state index in [0.29, 0.717) is 25.2 Å². The number of rotatable bonds is 4. The largest absolute Gasteiger partial charge is 0.338 e. The van der Waals surface area contributed by atoms with Gasteiger partial charge in [0.2, 0.25) is 5.91 Å². The van der Waals surface area contributed by atoms with Gasteiger partial charge in [-0.25, -0.2) is 4.98 Å². The van der Waals surface area contributed by atoms with Crippen molar-refractivity contribution in [1.82, 2.24) is 9.88 Å². The number of pyridine rings is 1. The van der Waals surface area contributed by atoms with Gasteiger partial charge < -0.3 is 10.2 Å². The average Bonchev–Trinajstić information content (AvgIpc) is 2.69. The lowest BCUT2D eigenvalue weighted by Crippen LogP contribution is -2.43. The number of nitro benzene ring substituents is 1. The predicted octanol–water partition coefficient (Wildman–Crippen LogP) is 3.44. The number of hydrogen-bond donors (Lipinski definition) is 1. The number of anilines is 1. The minimum absolute atomic E-state index is 0.0228. The van der Waals surface area contributed by atoms with Crippen molar-refractivity contribution >= 4 is 34.9 Å². The van der Waals surface area contributed by atoms with Crippen molar-refractivity contribution in [2.24, 2.45) is 5.92 Å². The van der Waals surface area contributed by atoms with E-state index in [-0.39, 0.29) is 40.6 Å². The van der Waals surface area contributed by atoms with Crippen molar-refractivity contribution < 1.29 is 14.5 Å². The van der Waals surface area contributed by atoms with Crippen molar-refractivity contribution in [1.29, 1.82) is 0 Å². The van der Waals surface area contributed by atoms with Gasteiger partial charge in [-0.1, -0.05) is 17.7 Å². The lowest BCUT2D eigenvalue weighted by atomic mass is 9.96. The van der Waals surface area contributed by atoms with Crippen LogP contribution >= 0.6 is 11.6 Å². The molecule has 2 heterocycles. The highest BCUT2D eigenvalue weighted by Gasteiger charge is 2.30. The molecule has 2 amide bonds. The Hall–Kier alpha value is -3.00. The Kier molecular flexibility index (Phi) is 5.89. The molecule has 1 N–H and O–H groups in total. The van der Waals surface area contributed by atoms with Crippen LogP contribution in [0.4, 0.5) is 11.5 Å². The number of nitro groups is 1. The average molecular weight is 403 g/mol. The van der Waals surface area contributed by atoms with E-state index in [9.17, 15) is 19.7 Å². The molecular formula is C19H19ClN4O4. The molecule has 1 aromatic heterocycles. The van der Waals surface area contributed by atoms with Gasteiger partial charge in [0.25, 0.3) is 11.6 Å². The van der Waals surface area contributed by atoms with E-state index in [4.69, 9.17) is 11.6 Å². The molecule has 9 heteroatoms. The standard InChI is InChI=1S/C19H19ClN4O4/c1-12-4-7-17(21-10-12)22-18(25)13-3-2-8-23(11-13)19(26)15-6-5-14(24(27)28)9-16(15)20/h4-7,9-10,13H,2-3,8,11H2,1H3,(H,21,22,25). The summed E-state index contributed by atoms with van der Waals surface area (Å²) < 4.78 is 0. The molecule has 8 nitrogen and oxygen atoms in total. The Morgan fingerprint density at radius 1 is 1.32 bits per heavy atom. The molecule has 1 aromatic carbocycles. The molecule has 1 atom stereocenters. The monoisotopic (exact) mass is 402 g/mol. The zero-order valence-corrected chi connectivity index (χ0v) is 16.0. The van der Waals surface area contributed by atoms with Crippen LogP contribution in [0.3, 0.4) is 0 Å². The Morgan fingerprint density at radius 2 is 2.11 bits per heavy atom. The number of non-ortho nitro benzene ring substituents is 1. The van der Waals surface area contributed by atoms with Crippen LogP contribution < -0.4 is 5.32 Å². The van der Waals surface area contributed by atoms with Gasteiger partial charge in [0.15, 0.2) is 0 Å². The number of piperidine rings is 1. The molecule has 146 valence electrons.